The molecule has 2 rings (SSSR count). The molecule has 0 bridgehead atoms. The lowest BCUT2D eigenvalue weighted by Crippen LogP contribution is -2.02. The summed E-state index contributed by atoms with van der Waals surface area (Å²) in [6, 6.07) is 8.07. The molecule has 98 valence electrons. The van der Waals surface area contributed by atoms with Gasteiger partial charge in [-0.3, -0.25) is 20.2 Å². The highest BCUT2D eigenvalue weighted by Crippen LogP contribution is 2.37. The normalized spacial score (nSPS) is 10.6. The molecule has 0 aromatic heterocycles. The number of hydrogen-bond acceptors (Lipinski definition) is 4. The molecule has 0 aliphatic rings. The zero-order chi connectivity index (χ0) is 14.0. The Balaban J connectivity index is 2.91. The Kier molecular flexibility index (Phi) is 3.41. The van der Waals surface area contributed by atoms with E-state index in [1.807, 2.05) is 6.92 Å². The predicted molar refractivity (Wildman–Crippen MR) is 71.3 cm³/mol. The average Bonchev–Trinajstić information content (AvgIpc) is 2.37. The highest BCUT2D eigenvalue weighted by molar-refractivity contribution is 5.95. The van der Waals surface area contributed by atoms with E-state index in [1.165, 1.54) is 6.07 Å². The third-order valence-corrected chi connectivity index (χ3v) is 2.98. The van der Waals surface area contributed by atoms with E-state index in [-0.39, 0.29) is 16.9 Å². The van der Waals surface area contributed by atoms with E-state index in [9.17, 15) is 20.2 Å². The van der Waals surface area contributed by atoms with E-state index in [0.29, 0.717) is 23.6 Å². The van der Waals surface area contributed by atoms with Crippen LogP contribution in [0.5, 0.6) is 0 Å². The zero-order valence-electron chi connectivity index (χ0n) is 10.3. The second-order valence-electron chi connectivity index (χ2n) is 4.21. The first-order chi connectivity index (χ1) is 9.06. The molecule has 0 fully saturated rings. The summed E-state index contributed by atoms with van der Waals surface area (Å²) in [7, 11) is 0. The molecule has 6 heteroatoms. The monoisotopic (exact) mass is 260 g/mol. The van der Waals surface area contributed by atoms with Gasteiger partial charge in [-0.2, -0.15) is 0 Å². The van der Waals surface area contributed by atoms with Crippen molar-refractivity contribution >= 4 is 22.1 Å². The van der Waals surface area contributed by atoms with Crippen molar-refractivity contribution in [2.75, 3.05) is 0 Å². The van der Waals surface area contributed by atoms with Crippen molar-refractivity contribution < 1.29 is 9.85 Å². The van der Waals surface area contributed by atoms with Crippen molar-refractivity contribution in [1.29, 1.82) is 0 Å². The van der Waals surface area contributed by atoms with Crippen LogP contribution in [0.3, 0.4) is 0 Å². The Labute approximate surface area is 109 Å². The van der Waals surface area contributed by atoms with Gasteiger partial charge >= 0.3 is 0 Å². The lowest BCUT2D eigenvalue weighted by molar-refractivity contribution is -0.394. The number of nitrogens with zero attached hydrogens (tertiary/aromatic N) is 2. The summed E-state index contributed by atoms with van der Waals surface area (Å²) in [5.74, 6) is 0. The van der Waals surface area contributed by atoms with Crippen LogP contribution in [0.4, 0.5) is 11.4 Å². The van der Waals surface area contributed by atoms with Crippen LogP contribution in [0.15, 0.2) is 30.3 Å². The standard InChI is InChI=1S/C13H12N2O4/c1-2-5-11-12(14(16)17)8-9-6-3-4-7-10(9)13(11)15(18)19/h3-4,6-8H,2,5H2,1H3. The van der Waals surface area contributed by atoms with E-state index in [4.69, 9.17) is 0 Å². The van der Waals surface area contributed by atoms with E-state index in [2.05, 4.69) is 0 Å². The van der Waals surface area contributed by atoms with Crippen LogP contribution in [0.1, 0.15) is 18.9 Å². The molecular formula is C13H12N2O4. The molecule has 0 heterocycles. The topological polar surface area (TPSA) is 86.3 Å². The molecule has 0 atom stereocenters. The van der Waals surface area contributed by atoms with E-state index < -0.39 is 9.85 Å². The van der Waals surface area contributed by atoms with Gasteiger partial charge in [0.15, 0.2) is 0 Å². The summed E-state index contributed by atoms with van der Waals surface area (Å²) in [5.41, 5.74) is -0.116. The lowest BCUT2D eigenvalue weighted by atomic mass is 9.99. The maximum atomic E-state index is 11.3. The Morgan fingerprint density at radius 2 is 1.79 bits per heavy atom. The summed E-state index contributed by atoms with van der Waals surface area (Å²) in [4.78, 5) is 21.3. The van der Waals surface area contributed by atoms with Gasteiger partial charge < -0.3 is 0 Å². The number of fused-ring (bicyclic) bond motifs is 1. The first-order valence-corrected chi connectivity index (χ1v) is 5.89. The zero-order valence-corrected chi connectivity index (χ0v) is 10.3. The number of rotatable bonds is 4. The molecule has 6 nitrogen and oxygen atoms in total. The largest absolute Gasteiger partial charge is 0.287 e. The van der Waals surface area contributed by atoms with Crippen molar-refractivity contribution in [2.24, 2.45) is 0 Å². The van der Waals surface area contributed by atoms with Crippen LogP contribution < -0.4 is 0 Å². The average molecular weight is 260 g/mol. The van der Waals surface area contributed by atoms with E-state index >= 15 is 0 Å². The Hall–Kier alpha value is -2.50. The van der Waals surface area contributed by atoms with Gasteiger partial charge in [0.05, 0.1) is 15.2 Å². The van der Waals surface area contributed by atoms with Crippen LogP contribution in [0, 0.1) is 20.2 Å². The van der Waals surface area contributed by atoms with Gasteiger partial charge in [-0.15, -0.1) is 0 Å². The molecule has 0 N–H and O–H groups in total. The van der Waals surface area contributed by atoms with Gasteiger partial charge in [0.25, 0.3) is 11.4 Å². The minimum absolute atomic E-state index is 0.147. The highest BCUT2D eigenvalue weighted by Gasteiger charge is 2.27. The fourth-order valence-corrected chi connectivity index (χ4v) is 2.22. The summed E-state index contributed by atoms with van der Waals surface area (Å²) in [6.45, 7) is 1.84. The van der Waals surface area contributed by atoms with Crippen LogP contribution in [0.2, 0.25) is 0 Å². The summed E-state index contributed by atoms with van der Waals surface area (Å²) in [5, 5.41) is 23.3. The molecule has 0 aliphatic heterocycles. The van der Waals surface area contributed by atoms with Gasteiger partial charge in [0.1, 0.15) is 5.56 Å². The smallest absolute Gasteiger partial charge is 0.258 e. The van der Waals surface area contributed by atoms with Gasteiger partial charge in [-0.05, 0) is 17.9 Å². The Morgan fingerprint density at radius 1 is 1.11 bits per heavy atom. The molecular weight excluding hydrogens is 248 g/mol. The molecule has 2 aromatic carbocycles. The number of benzene rings is 2. The second kappa shape index (κ2) is 5.01. The Bertz CT molecular complexity index is 667. The minimum Gasteiger partial charge on any atom is -0.258 e. The fourth-order valence-electron chi connectivity index (χ4n) is 2.22. The molecule has 19 heavy (non-hydrogen) atoms. The third-order valence-electron chi connectivity index (χ3n) is 2.98. The maximum absolute atomic E-state index is 11.3. The van der Waals surface area contributed by atoms with Gasteiger partial charge in [-0.1, -0.05) is 31.5 Å². The van der Waals surface area contributed by atoms with Gasteiger partial charge in [0, 0.05) is 6.07 Å². The molecule has 0 saturated carbocycles. The molecule has 0 aliphatic carbocycles. The summed E-state index contributed by atoms with van der Waals surface area (Å²) in [6.07, 6.45) is 0.928. The van der Waals surface area contributed by atoms with Gasteiger partial charge in [-0.25, -0.2) is 0 Å². The van der Waals surface area contributed by atoms with Crippen molar-refractivity contribution in [3.05, 3.63) is 56.1 Å². The first kappa shape index (κ1) is 12.9. The van der Waals surface area contributed by atoms with Crippen LogP contribution in [0.25, 0.3) is 10.8 Å². The molecule has 0 saturated heterocycles. The van der Waals surface area contributed by atoms with Crippen molar-refractivity contribution in [3.8, 4) is 0 Å². The predicted octanol–water partition coefficient (Wildman–Crippen LogP) is 3.61. The SMILES string of the molecule is CCCc1c([N+](=O)[O-])cc2ccccc2c1[N+](=O)[O-]. The van der Waals surface area contributed by atoms with Crippen LogP contribution in [-0.4, -0.2) is 9.85 Å². The number of hydrogen-bond donors (Lipinski definition) is 0. The first-order valence-electron chi connectivity index (χ1n) is 5.89. The highest BCUT2D eigenvalue weighted by atomic mass is 16.6. The molecule has 2 aromatic rings. The number of nitro benzene ring substituents is 2. The van der Waals surface area contributed by atoms with Crippen LogP contribution in [-0.2, 0) is 6.42 Å². The van der Waals surface area contributed by atoms with Crippen molar-refractivity contribution in [1.82, 2.24) is 0 Å². The lowest BCUT2D eigenvalue weighted by Gasteiger charge is -2.06. The summed E-state index contributed by atoms with van der Waals surface area (Å²) < 4.78 is 0. The molecule has 0 unspecified atom stereocenters. The van der Waals surface area contributed by atoms with Crippen molar-refractivity contribution in [3.63, 3.8) is 0 Å². The molecule has 0 amide bonds. The molecule has 0 radical (unpaired) electrons. The maximum Gasteiger partial charge on any atom is 0.287 e. The summed E-state index contributed by atoms with van der Waals surface area (Å²) >= 11 is 0. The fraction of sp³-hybridized carbons (Fsp3) is 0.231. The minimum atomic E-state index is -0.551. The molecule has 0 spiro atoms. The van der Waals surface area contributed by atoms with Crippen molar-refractivity contribution in [2.45, 2.75) is 19.8 Å². The number of nitro groups is 2. The van der Waals surface area contributed by atoms with Gasteiger partial charge in [0.2, 0.25) is 0 Å². The van der Waals surface area contributed by atoms with E-state index in [0.717, 1.165) is 0 Å². The van der Waals surface area contributed by atoms with E-state index in [1.54, 1.807) is 24.3 Å². The van der Waals surface area contributed by atoms with Crippen LogP contribution >= 0.6 is 0 Å². The second-order valence-corrected chi connectivity index (χ2v) is 4.21. The quantitative estimate of drug-likeness (QED) is 0.620. The third kappa shape index (κ3) is 2.24. The Morgan fingerprint density at radius 3 is 2.37 bits per heavy atom.